The van der Waals surface area contributed by atoms with Crippen LogP contribution in [0.1, 0.15) is 33.6 Å². The highest BCUT2D eigenvalue weighted by atomic mass is 35.5. The third-order valence-electron chi connectivity index (χ3n) is 5.21. The molecule has 25 heavy (non-hydrogen) atoms. The van der Waals surface area contributed by atoms with Crippen molar-refractivity contribution in [1.29, 1.82) is 0 Å². The van der Waals surface area contributed by atoms with Crippen LogP contribution in [0.2, 0.25) is 0 Å². The van der Waals surface area contributed by atoms with Gasteiger partial charge in [0.25, 0.3) is 0 Å². The molecule has 0 aromatic heterocycles. The molecule has 0 aromatic rings. The Morgan fingerprint density at radius 3 is 2.52 bits per heavy atom. The number of amides is 2. The molecular weight excluding hydrogens is 363 g/mol. The van der Waals surface area contributed by atoms with E-state index in [9.17, 15) is 22.8 Å². The second kappa shape index (κ2) is 7.28. The maximum atomic E-state index is 12.5. The molecule has 2 rings (SSSR count). The number of likely N-dealkylation sites (tertiary alicyclic amines) is 1. The number of nitrogens with zero attached hydrogens (tertiary/aromatic N) is 1. The van der Waals surface area contributed by atoms with Gasteiger partial charge in [-0.2, -0.15) is 13.2 Å². The van der Waals surface area contributed by atoms with Gasteiger partial charge in [0, 0.05) is 25.0 Å². The number of carbonyl (C=O) groups is 2. The fourth-order valence-electron chi connectivity index (χ4n) is 3.35. The fourth-order valence-corrected chi connectivity index (χ4v) is 3.35. The summed E-state index contributed by atoms with van der Waals surface area (Å²) in [5.74, 6) is -1.24. The largest absolute Gasteiger partial charge is 0.406 e. The van der Waals surface area contributed by atoms with Crippen molar-refractivity contribution in [1.82, 2.24) is 10.2 Å². The molecule has 2 amide bonds. The minimum absolute atomic E-state index is 0. The number of alkyl halides is 3. The van der Waals surface area contributed by atoms with Crippen molar-refractivity contribution in [3.63, 3.8) is 0 Å². The maximum absolute atomic E-state index is 12.5. The molecule has 1 saturated carbocycles. The van der Waals surface area contributed by atoms with Crippen LogP contribution in [-0.2, 0) is 14.3 Å². The summed E-state index contributed by atoms with van der Waals surface area (Å²) in [7, 11) is 0. The topological polar surface area (TPSA) is 84.7 Å². The van der Waals surface area contributed by atoms with Crippen LogP contribution in [-0.4, -0.2) is 60.3 Å². The second-order valence-corrected chi connectivity index (χ2v) is 7.03. The average Bonchev–Trinajstić information content (AvgIpc) is 2.78. The number of carbonyl (C=O) groups excluding carboxylic acids is 2. The highest BCUT2D eigenvalue weighted by Crippen LogP contribution is 2.49. The molecule has 0 bridgehead atoms. The van der Waals surface area contributed by atoms with Gasteiger partial charge >= 0.3 is 6.18 Å². The Morgan fingerprint density at radius 1 is 1.44 bits per heavy atom. The van der Waals surface area contributed by atoms with Crippen LogP contribution < -0.4 is 11.1 Å². The molecule has 2 aliphatic rings. The summed E-state index contributed by atoms with van der Waals surface area (Å²) in [6.07, 6.45) is -4.16. The van der Waals surface area contributed by atoms with Crippen LogP contribution in [0.5, 0.6) is 0 Å². The van der Waals surface area contributed by atoms with Gasteiger partial charge in [-0.3, -0.25) is 9.59 Å². The lowest BCUT2D eigenvalue weighted by Crippen LogP contribution is -2.76. The van der Waals surface area contributed by atoms with Crippen LogP contribution in [0.4, 0.5) is 13.2 Å². The van der Waals surface area contributed by atoms with Crippen LogP contribution in [0.25, 0.3) is 0 Å². The molecular formula is C15H25ClF3N3O3. The second-order valence-electron chi connectivity index (χ2n) is 7.03. The zero-order valence-electron chi connectivity index (χ0n) is 14.5. The van der Waals surface area contributed by atoms with E-state index < -0.39 is 41.5 Å². The molecule has 1 heterocycles. The summed E-state index contributed by atoms with van der Waals surface area (Å²) in [5, 5.41) is 2.53. The minimum Gasteiger partial charge on any atom is -0.378 e. The molecule has 146 valence electrons. The van der Waals surface area contributed by atoms with E-state index in [1.807, 2.05) is 20.8 Å². The first-order valence-electron chi connectivity index (χ1n) is 7.99. The molecule has 0 radical (unpaired) electrons. The number of rotatable bonds is 5. The van der Waals surface area contributed by atoms with E-state index in [-0.39, 0.29) is 31.5 Å². The summed E-state index contributed by atoms with van der Waals surface area (Å²) in [4.78, 5) is 25.3. The van der Waals surface area contributed by atoms with Gasteiger partial charge < -0.3 is 20.7 Å². The lowest BCUT2D eigenvalue weighted by molar-refractivity contribution is -0.172. The van der Waals surface area contributed by atoms with Crippen LogP contribution in [0.3, 0.4) is 0 Å². The molecule has 1 saturated heterocycles. The molecule has 0 spiro atoms. The standard InChI is InChI=1S/C15H24F3N3O3.ClH/c1-4-24-10-7-14(19,13(10,2)3)12(23)20-9-5-6-21(11(9)22)8-15(16,17)18;/h9-10H,4-8,19H2,1-3H3,(H,20,23);1H. The van der Waals surface area contributed by atoms with Crippen LogP contribution >= 0.6 is 12.4 Å². The summed E-state index contributed by atoms with van der Waals surface area (Å²) in [6.45, 7) is 4.62. The first-order valence-corrected chi connectivity index (χ1v) is 7.99. The number of nitrogens with two attached hydrogens (primary N) is 1. The Labute approximate surface area is 151 Å². The molecule has 1 aliphatic carbocycles. The monoisotopic (exact) mass is 387 g/mol. The number of hydrogen-bond donors (Lipinski definition) is 2. The van der Waals surface area contributed by atoms with E-state index in [0.717, 1.165) is 0 Å². The van der Waals surface area contributed by atoms with Gasteiger partial charge in [0.15, 0.2) is 0 Å². The molecule has 0 aromatic carbocycles. The van der Waals surface area contributed by atoms with Crippen LogP contribution in [0, 0.1) is 5.41 Å². The average molecular weight is 388 g/mol. The van der Waals surface area contributed by atoms with Crippen molar-refractivity contribution < 1.29 is 27.5 Å². The van der Waals surface area contributed by atoms with E-state index in [1.54, 1.807) is 0 Å². The smallest absolute Gasteiger partial charge is 0.378 e. The Bertz CT molecular complexity index is 530. The van der Waals surface area contributed by atoms with E-state index in [0.29, 0.717) is 17.9 Å². The predicted molar refractivity (Wildman–Crippen MR) is 87.2 cm³/mol. The number of nitrogens with one attached hydrogen (secondary N) is 1. The summed E-state index contributed by atoms with van der Waals surface area (Å²) < 4.78 is 42.8. The SMILES string of the molecule is CCOC1CC(N)(C(=O)NC2CCN(CC(F)(F)F)C2=O)C1(C)C.Cl. The Kier molecular flexibility index (Phi) is 6.40. The number of halogens is 4. The van der Waals surface area contributed by atoms with Gasteiger partial charge in [-0.1, -0.05) is 13.8 Å². The predicted octanol–water partition coefficient (Wildman–Crippen LogP) is 1.22. The molecule has 3 N–H and O–H groups in total. The van der Waals surface area contributed by atoms with E-state index in [2.05, 4.69) is 5.32 Å². The van der Waals surface area contributed by atoms with Gasteiger partial charge in [-0.05, 0) is 13.3 Å². The van der Waals surface area contributed by atoms with E-state index in [4.69, 9.17) is 10.5 Å². The first-order chi connectivity index (χ1) is 10.9. The van der Waals surface area contributed by atoms with Gasteiger partial charge in [0.1, 0.15) is 18.1 Å². The Balaban J connectivity index is 0.00000312. The van der Waals surface area contributed by atoms with Gasteiger partial charge in [0.05, 0.1) is 6.10 Å². The van der Waals surface area contributed by atoms with Gasteiger partial charge in [-0.25, -0.2) is 0 Å². The van der Waals surface area contributed by atoms with E-state index >= 15 is 0 Å². The normalized spacial score (nSPS) is 31.3. The zero-order chi connectivity index (χ0) is 18.3. The summed E-state index contributed by atoms with van der Waals surface area (Å²) in [5.41, 5.74) is 4.38. The van der Waals surface area contributed by atoms with Crippen molar-refractivity contribution in [2.24, 2.45) is 11.1 Å². The Hall–Kier alpha value is -1.06. The molecule has 3 atom stereocenters. The van der Waals surface area contributed by atoms with Crippen molar-refractivity contribution in [2.75, 3.05) is 19.7 Å². The maximum Gasteiger partial charge on any atom is 0.406 e. The van der Waals surface area contributed by atoms with Crippen molar-refractivity contribution in [3.8, 4) is 0 Å². The van der Waals surface area contributed by atoms with Crippen LogP contribution in [0.15, 0.2) is 0 Å². The van der Waals surface area contributed by atoms with Crippen molar-refractivity contribution >= 4 is 24.2 Å². The fraction of sp³-hybridized carbons (Fsp3) is 0.867. The van der Waals surface area contributed by atoms with E-state index in [1.165, 1.54) is 0 Å². The third-order valence-corrected chi connectivity index (χ3v) is 5.21. The number of ether oxygens (including phenoxy) is 1. The molecule has 10 heteroatoms. The third kappa shape index (κ3) is 4.03. The van der Waals surface area contributed by atoms with Crippen molar-refractivity contribution in [3.05, 3.63) is 0 Å². The van der Waals surface area contributed by atoms with Gasteiger partial charge in [0.2, 0.25) is 11.8 Å². The van der Waals surface area contributed by atoms with Crippen molar-refractivity contribution in [2.45, 2.75) is 57.5 Å². The zero-order valence-corrected chi connectivity index (χ0v) is 15.3. The highest BCUT2D eigenvalue weighted by Gasteiger charge is 2.63. The Morgan fingerprint density at radius 2 is 2.04 bits per heavy atom. The first kappa shape index (κ1) is 22.0. The lowest BCUT2D eigenvalue weighted by atomic mass is 9.54. The summed E-state index contributed by atoms with van der Waals surface area (Å²) in [6, 6.07) is -0.956. The molecule has 6 nitrogen and oxygen atoms in total. The molecule has 3 unspecified atom stereocenters. The molecule has 1 aliphatic heterocycles. The number of hydrogen-bond acceptors (Lipinski definition) is 4. The van der Waals surface area contributed by atoms with Gasteiger partial charge in [-0.15, -0.1) is 12.4 Å². The highest BCUT2D eigenvalue weighted by molar-refractivity contribution is 5.94. The minimum atomic E-state index is -4.45. The summed E-state index contributed by atoms with van der Waals surface area (Å²) >= 11 is 0. The molecule has 2 fully saturated rings. The quantitative estimate of drug-likeness (QED) is 0.743. The lowest BCUT2D eigenvalue weighted by Gasteiger charge is -2.57.